The van der Waals surface area contributed by atoms with Crippen LogP contribution in [-0.4, -0.2) is 12.7 Å². The van der Waals surface area contributed by atoms with Crippen LogP contribution in [0.3, 0.4) is 0 Å². The zero-order chi connectivity index (χ0) is 9.10. The molecule has 1 aliphatic heterocycles. The number of fused-ring (bicyclic) bond motifs is 1. The van der Waals surface area contributed by atoms with Gasteiger partial charge in [0.1, 0.15) is 0 Å². The summed E-state index contributed by atoms with van der Waals surface area (Å²) in [6.45, 7) is 3.31. The van der Waals surface area contributed by atoms with Gasteiger partial charge >= 0.3 is 0 Å². The van der Waals surface area contributed by atoms with E-state index in [2.05, 4.69) is 6.92 Å². The fourth-order valence-corrected chi connectivity index (χ4v) is 3.11. The Hall–Kier alpha value is -0.0400. The Balaban J connectivity index is 1.86. The molecule has 13 heavy (non-hydrogen) atoms. The number of ether oxygens (including phenoxy) is 1. The second-order valence-electron chi connectivity index (χ2n) is 4.69. The van der Waals surface area contributed by atoms with Gasteiger partial charge in [0.25, 0.3) is 0 Å². The van der Waals surface area contributed by atoms with Crippen molar-refractivity contribution >= 4 is 0 Å². The van der Waals surface area contributed by atoms with E-state index in [0.29, 0.717) is 6.10 Å². The maximum atomic E-state index is 5.89. The maximum absolute atomic E-state index is 5.89. The van der Waals surface area contributed by atoms with E-state index in [4.69, 9.17) is 4.74 Å². The van der Waals surface area contributed by atoms with Gasteiger partial charge in [-0.15, -0.1) is 0 Å². The molecular formula is C12H22O. The molecule has 2 aliphatic rings. The van der Waals surface area contributed by atoms with E-state index < -0.39 is 0 Å². The third-order valence-electron chi connectivity index (χ3n) is 3.86. The van der Waals surface area contributed by atoms with Crippen LogP contribution < -0.4 is 0 Å². The van der Waals surface area contributed by atoms with Gasteiger partial charge in [0.15, 0.2) is 0 Å². The summed E-state index contributed by atoms with van der Waals surface area (Å²) in [4.78, 5) is 0. The van der Waals surface area contributed by atoms with Crippen LogP contribution >= 0.6 is 0 Å². The van der Waals surface area contributed by atoms with E-state index in [1.54, 1.807) is 0 Å². The van der Waals surface area contributed by atoms with Crippen molar-refractivity contribution in [2.45, 2.75) is 58.0 Å². The minimum absolute atomic E-state index is 0.626. The molecule has 2 rings (SSSR count). The highest BCUT2D eigenvalue weighted by Gasteiger charge is 2.36. The molecule has 1 saturated carbocycles. The summed E-state index contributed by atoms with van der Waals surface area (Å²) in [5.74, 6) is 1.95. The summed E-state index contributed by atoms with van der Waals surface area (Å²) in [5, 5.41) is 0. The SMILES string of the molecule is CCCCC1OCCC2CCCC21. The first-order chi connectivity index (χ1) is 6.42. The Morgan fingerprint density at radius 2 is 2.15 bits per heavy atom. The molecule has 0 aromatic carbocycles. The first kappa shape index (κ1) is 9.51. The molecule has 1 heteroatoms. The summed E-state index contributed by atoms with van der Waals surface area (Å²) in [6, 6.07) is 0. The number of hydrogen-bond donors (Lipinski definition) is 0. The van der Waals surface area contributed by atoms with Crippen LogP contribution in [0.25, 0.3) is 0 Å². The molecule has 0 N–H and O–H groups in total. The van der Waals surface area contributed by atoms with Gasteiger partial charge in [-0.1, -0.05) is 26.2 Å². The van der Waals surface area contributed by atoms with Crippen molar-refractivity contribution in [1.29, 1.82) is 0 Å². The molecule has 0 aromatic rings. The molecule has 0 amide bonds. The summed E-state index contributed by atoms with van der Waals surface area (Å²) < 4.78 is 5.89. The van der Waals surface area contributed by atoms with Crippen molar-refractivity contribution in [3.8, 4) is 0 Å². The van der Waals surface area contributed by atoms with E-state index >= 15 is 0 Å². The normalized spacial score (nSPS) is 39.0. The van der Waals surface area contributed by atoms with Crippen LogP contribution in [-0.2, 0) is 4.74 Å². The number of rotatable bonds is 3. The summed E-state index contributed by atoms with van der Waals surface area (Å²) >= 11 is 0. The largest absolute Gasteiger partial charge is 0.378 e. The maximum Gasteiger partial charge on any atom is 0.0605 e. The monoisotopic (exact) mass is 182 g/mol. The molecule has 1 heterocycles. The van der Waals surface area contributed by atoms with Crippen molar-refractivity contribution in [1.82, 2.24) is 0 Å². The minimum Gasteiger partial charge on any atom is -0.378 e. The van der Waals surface area contributed by atoms with Gasteiger partial charge in [-0.3, -0.25) is 0 Å². The molecule has 2 fully saturated rings. The highest BCUT2D eigenvalue weighted by atomic mass is 16.5. The summed E-state index contributed by atoms with van der Waals surface area (Å²) in [7, 11) is 0. The average Bonchev–Trinajstić information content (AvgIpc) is 2.62. The predicted molar refractivity (Wildman–Crippen MR) is 54.7 cm³/mol. The van der Waals surface area contributed by atoms with Gasteiger partial charge in [0.2, 0.25) is 0 Å². The van der Waals surface area contributed by atoms with Crippen molar-refractivity contribution in [2.24, 2.45) is 11.8 Å². The third-order valence-corrected chi connectivity index (χ3v) is 3.86. The third kappa shape index (κ3) is 2.07. The van der Waals surface area contributed by atoms with Crippen LogP contribution in [0.15, 0.2) is 0 Å². The molecule has 0 radical (unpaired) electrons. The van der Waals surface area contributed by atoms with Crippen LogP contribution in [0.2, 0.25) is 0 Å². The van der Waals surface area contributed by atoms with Crippen LogP contribution in [0.4, 0.5) is 0 Å². The van der Waals surface area contributed by atoms with Gasteiger partial charge in [-0.2, -0.15) is 0 Å². The van der Waals surface area contributed by atoms with Crippen molar-refractivity contribution < 1.29 is 4.74 Å². The summed E-state index contributed by atoms with van der Waals surface area (Å²) in [5.41, 5.74) is 0. The first-order valence-corrected chi connectivity index (χ1v) is 6.03. The first-order valence-electron chi connectivity index (χ1n) is 6.03. The molecule has 76 valence electrons. The Morgan fingerprint density at radius 1 is 1.23 bits per heavy atom. The molecular weight excluding hydrogens is 160 g/mol. The van der Waals surface area contributed by atoms with Gasteiger partial charge in [-0.05, 0) is 37.5 Å². The lowest BCUT2D eigenvalue weighted by atomic mass is 9.84. The zero-order valence-corrected chi connectivity index (χ0v) is 8.80. The van der Waals surface area contributed by atoms with Gasteiger partial charge < -0.3 is 4.74 Å². The van der Waals surface area contributed by atoms with Crippen molar-refractivity contribution in [3.05, 3.63) is 0 Å². The van der Waals surface area contributed by atoms with E-state index in [0.717, 1.165) is 18.4 Å². The lowest BCUT2D eigenvalue weighted by Gasteiger charge is -2.34. The minimum atomic E-state index is 0.626. The summed E-state index contributed by atoms with van der Waals surface area (Å²) in [6.07, 6.45) is 10.3. The fourth-order valence-electron chi connectivity index (χ4n) is 3.11. The van der Waals surface area contributed by atoms with E-state index in [-0.39, 0.29) is 0 Å². The zero-order valence-electron chi connectivity index (χ0n) is 8.80. The Kier molecular flexibility index (Phi) is 3.26. The van der Waals surface area contributed by atoms with Gasteiger partial charge in [0.05, 0.1) is 6.10 Å². The van der Waals surface area contributed by atoms with Crippen molar-refractivity contribution in [2.75, 3.05) is 6.61 Å². The van der Waals surface area contributed by atoms with Crippen LogP contribution in [0.1, 0.15) is 51.9 Å². The van der Waals surface area contributed by atoms with Gasteiger partial charge in [-0.25, -0.2) is 0 Å². The molecule has 0 spiro atoms. The van der Waals surface area contributed by atoms with Crippen molar-refractivity contribution in [3.63, 3.8) is 0 Å². The highest BCUT2D eigenvalue weighted by molar-refractivity contribution is 4.86. The van der Waals surface area contributed by atoms with Crippen LogP contribution in [0, 0.1) is 11.8 Å². The Bertz CT molecular complexity index is 155. The lowest BCUT2D eigenvalue weighted by Crippen LogP contribution is -2.33. The molecule has 0 aromatic heterocycles. The molecule has 3 atom stereocenters. The quantitative estimate of drug-likeness (QED) is 0.650. The number of hydrogen-bond acceptors (Lipinski definition) is 1. The fraction of sp³-hybridized carbons (Fsp3) is 1.00. The predicted octanol–water partition coefficient (Wildman–Crippen LogP) is 3.38. The molecule has 3 unspecified atom stereocenters. The second-order valence-corrected chi connectivity index (χ2v) is 4.69. The molecule has 1 aliphatic carbocycles. The highest BCUT2D eigenvalue weighted by Crippen LogP contribution is 2.41. The topological polar surface area (TPSA) is 9.23 Å². The molecule has 0 bridgehead atoms. The molecule has 1 saturated heterocycles. The Labute approximate surface area is 81.9 Å². The Morgan fingerprint density at radius 3 is 3.00 bits per heavy atom. The second kappa shape index (κ2) is 4.45. The number of unbranched alkanes of at least 4 members (excludes halogenated alkanes) is 1. The van der Waals surface area contributed by atoms with E-state index in [9.17, 15) is 0 Å². The molecule has 1 nitrogen and oxygen atoms in total. The lowest BCUT2D eigenvalue weighted by molar-refractivity contribution is -0.0509. The van der Waals surface area contributed by atoms with Crippen LogP contribution in [0.5, 0.6) is 0 Å². The van der Waals surface area contributed by atoms with E-state index in [1.807, 2.05) is 0 Å². The van der Waals surface area contributed by atoms with Gasteiger partial charge in [0, 0.05) is 6.61 Å². The van der Waals surface area contributed by atoms with E-state index in [1.165, 1.54) is 44.9 Å². The smallest absolute Gasteiger partial charge is 0.0605 e. The average molecular weight is 182 g/mol. The standard InChI is InChI=1S/C12H22O/c1-2-3-7-12-11-6-4-5-10(11)8-9-13-12/h10-12H,2-9H2,1H3.